The van der Waals surface area contributed by atoms with Gasteiger partial charge in [-0.15, -0.1) is 11.3 Å². The molecule has 2 aromatic rings. The summed E-state index contributed by atoms with van der Waals surface area (Å²) in [5.41, 5.74) is 3.30. The average Bonchev–Trinajstić information content (AvgIpc) is 2.87. The molecule has 106 valence electrons. The van der Waals surface area contributed by atoms with E-state index in [-0.39, 0.29) is 5.91 Å². The quantitative estimate of drug-likeness (QED) is 0.898. The second kappa shape index (κ2) is 6.90. The molecular formula is C15H18N2OS2. The third kappa shape index (κ3) is 3.84. The Labute approximate surface area is 127 Å². The Morgan fingerprint density at radius 1 is 1.35 bits per heavy atom. The van der Waals surface area contributed by atoms with Gasteiger partial charge in [0.05, 0.1) is 11.4 Å². The minimum Gasteiger partial charge on any atom is -0.301 e. The smallest absolute Gasteiger partial charge is 0.236 e. The highest BCUT2D eigenvalue weighted by Gasteiger charge is 2.08. The van der Waals surface area contributed by atoms with Crippen molar-refractivity contribution in [3.05, 3.63) is 35.2 Å². The van der Waals surface area contributed by atoms with Crippen LogP contribution in [0.4, 0.5) is 5.13 Å². The van der Waals surface area contributed by atoms with Crippen molar-refractivity contribution in [2.45, 2.75) is 19.8 Å². The van der Waals surface area contributed by atoms with Crippen LogP contribution < -0.4 is 5.32 Å². The minimum atomic E-state index is -0.00597. The van der Waals surface area contributed by atoms with Crippen molar-refractivity contribution in [1.82, 2.24) is 4.98 Å². The number of thioether (sulfide) groups is 1. The van der Waals surface area contributed by atoms with Gasteiger partial charge in [-0.2, -0.15) is 11.8 Å². The van der Waals surface area contributed by atoms with E-state index in [0.29, 0.717) is 16.8 Å². The molecule has 0 saturated carbocycles. The largest absolute Gasteiger partial charge is 0.301 e. The van der Waals surface area contributed by atoms with E-state index in [2.05, 4.69) is 48.4 Å². The third-order valence-electron chi connectivity index (χ3n) is 2.90. The van der Waals surface area contributed by atoms with Crippen molar-refractivity contribution >= 4 is 34.1 Å². The Morgan fingerprint density at radius 3 is 2.65 bits per heavy atom. The van der Waals surface area contributed by atoms with E-state index in [1.807, 2.05) is 11.6 Å². The maximum Gasteiger partial charge on any atom is 0.236 e. The van der Waals surface area contributed by atoms with Gasteiger partial charge in [0.1, 0.15) is 0 Å². The fraction of sp³-hybridized carbons (Fsp3) is 0.333. The third-order valence-corrected chi connectivity index (χ3v) is 4.21. The number of aromatic nitrogens is 1. The fourth-order valence-corrected chi connectivity index (χ4v) is 2.86. The van der Waals surface area contributed by atoms with Crippen LogP contribution >= 0.6 is 23.1 Å². The number of carbonyl (C=O) groups is 1. The molecule has 1 heterocycles. The Bertz CT molecular complexity index is 576. The topological polar surface area (TPSA) is 42.0 Å². The van der Waals surface area contributed by atoms with Crippen LogP contribution in [0.3, 0.4) is 0 Å². The maximum absolute atomic E-state index is 11.5. The molecule has 0 spiro atoms. The SMILES string of the molecule is CSCC(=O)Nc1nc(-c2ccc(C(C)C)cc2)cs1. The maximum atomic E-state index is 11.5. The lowest BCUT2D eigenvalue weighted by Crippen LogP contribution is -2.13. The molecule has 2 rings (SSSR count). The molecule has 20 heavy (non-hydrogen) atoms. The molecule has 5 heteroatoms. The zero-order valence-corrected chi connectivity index (χ0v) is 13.5. The van der Waals surface area contributed by atoms with Crippen molar-refractivity contribution in [3.8, 4) is 11.3 Å². The van der Waals surface area contributed by atoms with E-state index in [9.17, 15) is 4.79 Å². The van der Waals surface area contributed by atoms with Crippen LogP contribution in [0.1, 0.15) is 25.3 Å². The van der Waals surface area contributed by atoms with Crippen LogP contribution in [0, 0.1) is 0 Å². The van der Waals surface area contributed by atoms with Crippen LogP contribution in [0.5, 0.6) is 0 Å². The Balaban J connectivity index is 2.10. The van der Waals surface area contributed by atoms with Crippen LogP contribution in [-0.4, -0.2) is 22.9 Å². The van der Waals surface area contributed by atoms with Crippen molar-refractivity contribution in [3.63, 3.8) is 0 Å². The number of hydrogen-bond donors (Lipinski definition) is 1. The van der Waals surface area contributed by atoms with E-state index in [1.165, 1.54) is 28.7 Å². The van der Waals surface area contributed by atoms with Crippen LogP contribution in [-0.2, 0) is 4.79 Å². The Morgan fingerprint density at radius 2 is 2.05 bits per heavy atom. The molecule has 0 atom stereocenters. The number of nitrogens with zero attached hydrogens (tertiary/aromatic N) is 1. The molecule has 0 radical (unpaired) electrons. The van der Waals surface area contributed by atoms with Crippen molar-refractivity contribution < 1.29 is 4.79 Å². The van der Waals surface area contributed by atoms with E-state index in [1.54, 1.807) is 0 Å². The van der Waals surface area contributed by atoms with E-state index >= 15 is 0 Å². The molecule has 0 aliphatic heterocycles. The minimum absolute atomic E-state index is 0.00597. The Hall–Kier alpha value is -1.33. The summed E-state index contributed by atoms with van der Waals surface area (Å²) in [4.78, 5) is 16.0. The van der Waals surface area contributed by atoms with E-state index in [0.717, 1.165) is 11.3 Å². The van der Waals surface area contributed by atoms with E-state index in [4.69, 9.17) is 0 Å². The van der Waals surface area contributed by atoms with Gasteiger partial charge in [0.2, 0.25) is 5.91 Å². The molecule has 3 nitrogen and oxygen atoms in total. The lowest BCUT2D eigenvalue weighted by Gasteiger charge is -2.05. The second-order valence-corrected chi connectivity index (χ2v) is 6.52. The van der Waals surface area contributed by atoms with E-state index < -0.39 is 0 Å². The molecule has 0 fully saturated rings. The number of hydrogen-bond acceptors (Lipinski definition) is 4. The number of amides is 1. The summed E-state index contributed by atoms with van der Waals surface area (Å²) in [7, 11) is 0. The number of rotatable bonds is 5. The highest BCUT2D eigenvalue weighted by Crippen LogP contribution is 2.26. The zero-order chi connectivity index (χ0) is 14.5. The first kappa shape index (κ1) is 15.1. The fourth-order valence-electron chi connectivity index (χ4n) is 1.79. The number of thiazole rings is 1. The summed E-state index contributed by atoms with van der Waals surface area (Å²) in [6.07, 6.45) is 1.91. The number of nitrogens with one attached hydrogen (secondary N) is 1. The van der Waals surface area contributed by atoms with Gasteiger partial charge in [0, 0.05) is 10.9 Å². The van der Waals surface area contributed by atoms with Crippen molar-refractivity contribution in [2.75, 3.05) is 17.3 Å². The molecule has 1 aromatic heterocycles. The lowest BCUT2D eigenvalue weighted by molar-refractivity contribution is -0.113. The summed E-state index contributed by atoms with van der Waals surface area (Å²) < 4.78 is 0. The number of benzene rings is 1. The number of carbonyl (C=O) groups excluding carboxylic acids is 1. The summed E-state index contributed by atoms with van der Waals surface area (Å²) in [6.45, 7) is 4.36. The normalized spacial score (nSPS) is 10.8. The Kier molecular flexibility index (Phi) is 5.20. The summed E-state index contributed by atoms with van der Waals surface area (Å²) in [5.74, 6) is 0.979. The molecule has 0 saturated heterocycles. The molecule has 1 N–H and O–H groups in total. The monoisotopic (exact) mass is 306 g/mol. The van der Waals surface area contributed by atoms with Crippen LogP contribution in [0.25, 0.3) is 11.3 Å². The highest BCUT2D eigenvalue weighted by atomic mass is 32.2. The standard InChI is InChI=1S/C15H18N2OS2/c1-10(2)11-4-6-12(7-5-11)13-8-20-15(16-13)17-14(18)9-19-3/h4-8,10H,9H2,1-3H3,(H,16,17,18). The van der Waals surface area contributed by atoms with Crippen LogP contribution in [0.2, 0.25) is 0 Å². The first-order valence-electron chi connectivity index (χ1n) is 6.45. The molecule has 0 aliphatic rings. The van der Waals surface area contributed by atoms with Gasteiger partial charge in [0.25, 0.3) is 0 Å². The van der Waals surface area contributed by atoms with Gasteiger partial charge in [-0.1, -0.05) is 38.1 Å². The zero-order valence-electron chi connectivity index (χ0n) is 11.8. The molecule has 0 aliphatic carbocycles. The molecule has 1 amide bonds. The van der Waals surface area contributed by atoms with Gasteiger partial charge in [-0.25, -0.2) is 4.98 Å². The molecule has 1 aromatic carbocycles. The van der Waals surface area contributed by atoms with Gasteiger partial charge in [-0.3, -0.25) is 4.79 Å². The first-order chi connectivity index (χ1) is 9.60. The predicted molar refractivity (Wildman–Crippen MR) is 88.7 cm³/mol. The predicted octanol–water partition coefficient (Wildman–Crippen LogP) is 4.24. The van der Waals surface area contributed by atoms with Crippen molar-refractivity contribution in [1.29, 1.82) is 0 Å². The lowest BCUT2D eigenvalue weighted by atomic mass is 10.0. The average molecular weight is 306 g/mol. The molecule has 0 unspecified atom stereocenters. The summed E-state index contributed by atoms with van der Waals surface area (Å²) in [6, 6.07) is 8.42. The van der Waals surface area contributed by atoms with Crippen LogP contribution in [0.15, 0.2) is 29.6 Å². The number of anilines is 1. The first-order valence-corrected chi connectivity index (χ1v) is 8.72. The van der Waals surface area contributed by atoms with Gasteiger partial charge in [0.15, 0.2) is 5.13 Å². The van der Waals surface area contributed by atoms with Crippen molar-refractivity contribution in [2.24, 2.45) is 0 Å². The summed E-state index contributed by atoms with van der Waals surface area (Å²) >= 11 is 2.96. The van der Waals surface area contributed by atoms with Gasteiger partial charge in [-0.05, 0) is 17.7 Å². The second-order valence-electron chi connectivity index (χ2n) is 4.80. The molecule has 0 bridgehead atoms. The van der Waals surface area contributed by atoms with Gasteiger partial charge >= 0.3 is 0 Å². The van der Waals surface area contributed by atoms with Gasteiger partial charge < -0.3 is 5.32 Å². The molecular weight excluding hydrogens is 288 g/mol. The summed E-state index contributed by atoms with van der Waals surface area (Å²) in [5, 5.41) is 5.44. The highest BCUT2D eigenvalue weighted by molar-refractivity contribution is 7.99.